The van der Waals surface area contributed by atoms with Gasteiger partial charge in [0, 0.05) is 18.4 Å². The van der Waals surface area contributed by atoms with Crippen LogP contribution in [0.3, 0.4) is 0 Å². The quantitative estimate of drug-likeness (QED) is 0.446. The van der Waals surface area contributed by atoms with E-state index in [1.807, 2.05) is 0 Å². The Hall–Kier alpha value is -2.60. The summed E-state index contributed by atoms with van der Waals surface area (Å²) in [5.74, 6) is -0.759. The number of rotatable bonds is 7. The van der Waals surface area contributed by atoms with E-state index in [4.69, 9.17) is 14.6 Å². The van der Waals surface area contributed by atoms with Crippen molar-refractivity contribution >= 4 is 11.9 Å². The van der Waals surface area contributed by atoms with Crippen LogP contribution in [0.4, 0.5) is 0 Å². The van der Waals surface area contributed by atoms with Crippen LogP contribution in [-0.2, 0) is 25.5 Å². The van der Waals surface area contributed by atoms with Gasteiger partial charge in [-0.15, -0.1) is 0 Å². The van der Waals surface area contributed by atoms with Crippen molar-refractivity contribution in [3.63, 3.8) is 0 Å². The van der Waals surface area contributed by atoms with Gasteiger partial charge in [-0.2, -0.15) is 0 Å². The molecule has 1 aliphatic heterocycles. The van der Waals surface area contributed by atoms with Crippen LogP contribution in [-0.4, -0.2) is 41.0 Å². The summed E-state index contributed by atoms with van der Waals surface area (Å²) in [6, 6.07) is 6.60. The molecule has 1 saturated heterocycles. The highest BCUT2D eigenvalue weighted by Gasteiger charge is 2.37. The molecule has 0 aromatic heterocycles. The molecule has 0 radical (unpaired) electrons. The molecular weight excluding hydrogens is 324 g/mol. The average Bonchev–Trinajstić information content (AvgIpc) is 2.92. The molecule has 1 heterocycles. The minimum absolute atomic E-state index is 0.161. The Morgan fingerprint density at radius 3 is 2.72 bits per heavy atom. The Bertz CT molecular complexity index is 674. The zero-order valence-corrected chi connectivity index (χ0v) is 14.1. The number of aromatic hydroxyl groups is 1. The zero-order chi connectivity index (χ0) is 18.4. The summed E-state index contributed by atoms with van der Waals surface area (Å²) < 4.78 is 10.7. The molecule has 134 valence electrons. The van der Waals surface area contributed by atoms with Crippen LogP contribution in [0.2, 0.25) is 0 Å². The van der Waals surface area contributed by atoms with Crippen LogP contribution < -0.4 is 0 Å². The molecule has 1 aromatic carbocycles. The second kappa shape index (κ2) is 8.48. The van der Waals surface area contributed by atoms with Crippen molar-refractivity contribution in [2.75, 3.05) is 6.61 Å². The van der Waals surface area contributed by atoms with Crippen LogP contribution in [0, 0.1) is 0 Å². The lowest BCUT2D eigenvalue weighted by Gasteiger charge is -2.22. The Morgan fingerprint density at radius 2 is 2.12 bits per heavy atom. The first-order chi connectivity index (χ1) is 11.9. The van der Waals surface area contributed by atoms with Crippen molar-refractivity contribution in [3.05, 3.63) is 53.6 Å². The molecular formula is C19H22O6. The maximum atomic E-state index is 12.1. The second-order valence-corrected chi connectivity index (χ2v) is 5.98. The Kier molecular flexibility index (Phi) is 6.36. The number of aliphatic hydroxyl groups is 1. The third-order valence-corrected chi connectivity index (χ3v) is 3.92. The fraction of sp³-hybridized carbons (Fsp3) is 0.368. The fourth-order valence-electron chi connectivity index (χ4n) is 2.60. The third kappa shape index (κ3) is 5.19. The van der Waals surface area contributed by atoms with Gasteiger partial charge >= 0.3 is 11.9 Å². The lowest BCUT2D eigenvalue weighted by Crippen LogP contribution is -2.32. The highest BCUT2D eigenvalue weighted by molar-refractivity contribution is 5.90. The summed E-state index contributed by atoms with van der Waals surface area (Å²) >= 11 is 0. The monoisotopic (exact) mass is 346 g/mol. The maximum absolute atomic E-state index is 12.1. The molecule has 0 bridgehead atoms. The van der Waals surface area contributed by atoms with Crippen LogP contribution in [0.15, 0.2) is 48.1 Å². The normalized spacial score (nSPS) is 19.5. The Morgan fingerprint density at radius 1 is 1.44 bits per heavy atom. The van der Waals surface area contributed by atoms with Gasteiger partial charge in [0.2, 0.25) is 0 Å². The molecule has 6 nitrogen and oxygen atoms in total. The van der Waals surface area contributed by atoms with Crippen molar-refractivity contribution in [3.8, 4) is 5.75 Å². The van der Waals surface area contributed by atoms with E-state index in [0.717, 1.165) is 5.56 Å². The van der Waals surface area contributed by atoms with Crippen LogP contribution in [0.25, 0.3) is 0 Å². The van der Waals surface area contributed by atoms with Crippen LogP contribution in [0.1, 0.15) is 25.3 Å². The van der Waals surface area contributed by atoms with E-state index in [1.54, 1.807) is 31.2 Å². The number of aliphatic hydroxyl groups excluding tert-OH is 1. The van der Waals surface area contributed by atoms with Gasteiger partial charge in [0.1, 0.15) is 11.9 Å². The summed E-state index contributed by atoms with van der Waals surface area (Å²) in [7, 11) is 0. The summed E-state index contributed by atoms with van der Waals surface area (Å²) in [6.07, 6.45) is 0.949. The van der Waals surface area contributed by atoms with Gasteiger partial charge < -0.3 is 19.7 Å². The molecule has 6 heteroatoms. The highest BCUT2D eigenvalue weighted by atomic mass is 16.6. The summed E-state index contributed by atoms with van der Waals surface area (Å²) in [6.45, 7) is 5.27. The van der Waals surface area contributed by atoms with Gasteiger partial charge in [0.15, 0.2) is 6.10 Å². The molecule has 25 heavy (non-hydrogen) atoms. The number of esters is 2. The van der Waals surface area contributed by atoms with E-state index in [2.05, 4.69) is 6.58 Å². The second-order valence-electron chi connectivity index (χ2n) is 5.98. The standard InChI is InChI=1S/C19H22O6/c1-12(2)18(16-11-14(9-10-20)19(23)24-16)25-17(22)8-5-13-3-6-15(21)7-4-13/h3-4,6-7,9,16,18,20-21H,1,5,8,10-11H2,2H3/b14-9-/t16-,18+/m0/s1. The SMILES string of the molecule is C=C(C)[C@@H](OC(=O)CCc1ccc(O)cc1)[C@@H]1C/C(=C/CO)C(=O)O1. The number of benzene rings is 1. The topological polar surface area (TPSA) is 93.1 Å². The van der Waals surface area contributed by atoms with Crippen LogP contribution >= 0.6 is 0 Å². The van der Waals surface area contributed by atoms with Crippen molar-refractivity contribution in [2.45, 2.75) is 38.4 Å². The number of cyclic esters (lactones) is 1. The summed E-state index contributed by atoms with van der Waals surface area (Å²) in [5, 5.41) is 18.2. The minimum atomic E-state index is -0.721. The van der Waals surface area contributed by atoms with Gasteiger partial charge in [-0.25, -0.2) is 4.79 Å². The van der Waals surface area contributed by atoms with E-state index in [9.17, 15) is 14.7 Å². The van der Waals surface area contributed by atoms with E-state index >= 15 is 0 Å². The number of hydrogen-bond acceptors (Lipinski definition) is 6. The first kappa shape index (κ1) is 18.7. The molecule has 0 amide bonds. The number of phenols is 1. The van der Waals surface area contributed by atoms with Crippen LogP contribution in [0.5, 0.6) is 5.75 Å². The first-order valence-corrected chi connectivity index (χ1v) is 8.04. The van der Waals surface area contributed by atoms with Crippen molar-refractivity contribution in [2.24, 2.45) is 0 Å². The number of carbonyl (C=O) groups is 2. The number of ether oxygens (including phenoxy) is 2. The van der Waals surface area contributed by atoms with E-state index < -0.39 is 24.1 Å². The van der Waals surface area contributed by atoms with E-state index in [0.29, 0.717) is 17.6 Å². The fourth-order valence-corrected chi connectivity index (χ4v) is 2.60. The van der Waals surface area contributed by atoms with Gasteiger partial charge in [-0.05, 0) is 42.7 Å². The molecule has 0 spiro atoms. The molecule has 2 N–H and O–H groups in total. The minimum Gasteiger partial charge on any atom is -0.508 e. The number of carbonyl (C=O) groups excluding carboxylic acids is 2. The molecule has 0 aliphatic carbocycles. The first-order valence-electron chi connectivity index (χ1n) is 8.04. The van der Waals surface area contributed by atoms with Crippen molar-refractivity contribution in [1.29, 1.82) is 0 Å². The predicted molar refractivity (Wildman–Crippen MR) is 90.8 cm³/mol. The highest BCUT2D eigenvalue weighted by Crippen LogP contribution is 2.27. The summed E-state index contributed by atoms with van der Waals surface area (Å²) in [5.41, 5.74) is 1.86. The van der Waals surface area contributed by atoms with E-state index in [-0.39, 0.29) is 25.2 Å². The molecule has 0 unspecified atom stereocenters. The van der Waals surface area contributed by atoms with Crippen molar-refractivity contribution in [1.82, 2.24) is 0 Å². The molecule has 2 atom stereocenters. The lowest BCUT2D eigenvalue weighted by atomic mass is 10.0. The predicted octanol–water partition coefficient (Wildman–Crippen LogP) is 2.05. The van der Waals surface area contributed by atoms with Crippen molar-refractivity contribution < 1.29 is 29.3 Å². The largest absolute Gasteiger partial charge is 0.508 e. The molecule has 1 aliphatic rings. The molecule has 1 aromatic rings. The molecule has 2 rings (SSSR count). The van der Waals surface area contributed by atoms with E-state index in [1.165, 1.54) is 6.08 Å². The lowest BCUT2D eigenvalue weighted by molar-refractivity contribution is -0.158. The maximum Gasteiger partial charge on any atom is 0.334 e. The zero-order valence-electron chi connectivity index (χ0n) is 14.1. The third-order valence-electron chi connectivity index (χ3n) is 3.92. The average molecular weight is 346 g/mol. The number of phenolic OH excluding ortho intramolecular Hbond substituents is 1. The smallest absolute Gasteiger partial charge is 0.334 e. The Balaban J connectivity index is 1.93. The van der Waals surface area contributed by atoms with Gasteiger partial charge in [-0.3, -0.25) is 4.79 Å². The Labute approximate surface area is 146 Å². The number of aryl methyl sites for hydroxylation is 1. The molecule has 1 fully saturated rings. The van der Waals surface area contributed by atoms with Gasteiger partial charge in [-0.1, -0.05) is 18.7 Å². The molecule has 0 saturated carbocycles. The number of hydrogen-bond donors (Lipinski definition) is 2. The van der Waals surface area contributed by atoms with Gasteiger partial charge in [0.05, 0.1) is 6.61 Å². The van der Waals surface area contributed by atoms with Gasteiger partial charge in [0.25, 0.3) is 0 Å². The summed E-state index contributed by atoms with van der Waals surface area (Å²) in [4.78, 5) is 23.9.